The third-order valence-corrected chi connectivity index (χ3v) is 3.63. The Morgan fingerprint density at radius 2 is 2.00 bits per heavy atom. The van der Waals surface area contributed by atoms with E-state index in [2.05, 4.69) is 17.1 Å². The molecular formula is C13H26N2O2. The molecule has 1 heterocycles. The van der Waals surface area contributed by atoms with Crippen LogP contribution in [0.3, 0.4) is 0 Å². The molecular weight excluding hydrogens is 216 g/mol. The first-order chi connectivity index (χ1) is 8.28. The average Bonchev–Trinajstić information content (AvgIpc) is 3.13. The fraction of sp³-hybridized carbons (Fsp3) is 1.00. The lowest BCUT2D eigenvalue weighted by Gasteiger charge is -2.32. The Morgan fingerprint density at radius 3 is 2.59 bits per heavy atom. The highest BCUT2D eigenvalue weighted by Crippen LogP contribution is 2.18. The largest absolute Gasteiger partial charge is 0.390 e. The van der Waals surface area contributed by atoms with Gasteiger partial charge in [0.2, 0.25) is 0 Å². The van der Waals surface area contributed by atoms with Crippen molar-refractivity contribution in [1.82, 2.24) is 10.2 Å². The second-order valence-corrected chi connectivity index (χ2v) is 5.29. The highest BCUT2D eigenvalue weighted by Gasteiger charge is 2.23. The summed E-state index contributed by atoms with van der Waals surface area (Å²) >= 11 is 0. The van der Waals surface area contributed by atoms with Crippen molar-refractivity contribution >= 4 is 0 Å². The van der Waals surface area contributed by atoms with Gasteiger partial charge in [-0.25, -0.2) is 0 Å². The molecule has 1 saturated heterocycles. The third kappa shape index (κ3) is 4.92. The summed E-state index contributed by atoms with van der Waals surface area (Å²) in [6, 6.07) is 0.688. The van der Waals surface area contributed by atoms with E-state index < -0.39 is 0 Å². The summed E-state index contributed by atoms with van der Waals surface area (Å²) in [6.45, 7) is 6.54. The number of rotatable bonds is 7. The van der Waals surface area contributed by atoms with Crippen molar-refractivity contribution in [2.45, 2.75) is 50.9 Å². The Labute approximate surface area is 104 Å². The summed E-state index contributed by atoms with van der Waals surface area (Å²) in [7, 11) is 0. The molecule has 0 amide bonds. The summed E-state index contributed by atoms with van der Waals surface area (Å²) in [5.74, 6) is 0. The number of piperidine rings is 1. The van der Waals surface area contributed by atoms with E-state index in [1.54, 1.807) is 0 Å². The van der Waals surface area contributed by atoms with Crippen LogP contribution in [0.2, 0.25) is 0 Å². The van der Waals surface area contributed by atoms with Gasteiger partial charge in [-0.3, -0.25) is 0 Å². The summed E-state index contributed by atoms with van der Waals surface area (Å²) < 4.78 is 5.62. The Kier molecular flexibility index (Phi) is 5.22. The molecule has 2 fully saturated rings. The number of β-amino-alcohol motifs (C(OH)–C–C–N with tert-alkyl or cyclic N) is 1. The molecule has 2 N–H and O–H groups in total. The highest BCUT2D eigenvalue weighted by atomic mass is 16.5. The number of hydrogen-bond acceptors (Lipinski definition) is 4. The maximum absolute atomic E-state index is 9.91. The zero-order chi connectivity index (χ0) is 12.1. The molecule has 0 aromatic heterocycles. The van der Waals surface area contributed by atoms with Gasteiger partial charge in [0, 0.05) is 38.8 Å². The van der Waals surface area contributed by atoms with Crippen LogP contribution < -0.4 is 5.32 Å². The van der Waals surface area contributed by atoms with Gasteiger partial charge in [-0.15, -0.1) is 0 Å². The zero-order valence-corrected chi connectivity index (χ0v) is 10.9. The SMILES string of the molecule is CCOC1CCN(CC(O)CNC2CC2)CC1. The fourth-order valence-electron chi connectivity index (χ4n) is 2.45. The first kappa shape index (κ1) is 13.3. The Bertz CT molecular complexity index is 213. The predicted molar refractivity (Wildman–Crippen MR) is 68.1 cm³/mol. The van der Waals surface area contributed by atoms with E-state index in [1.807, 2.05) is 0 Å². The minimum Gasteiger partial charge on any atom is -0.390 e. The van der Waals surface area contributed by atoms with Crippen LogP contribution in [0.1, 0.15) is 32.6 Å². The van der Waals surface area contributed by atoms with Crippen LogP contribution in [0.25, 0.3) is 0 Å². The molecule has 1 aliphatic carbocycles. The minimum absolute atomic E-state index is 0.223. The van der Waals surface area contributed by atoms with Crippen LogP contribution in [0.15, 0.2) is 0 Å². The van der Waals surface area contributed by atoms with Crippen molar-refractivity contribution in [3.63, 3.8) is 0 Å². The van der Waals surface area contributed by atoms with Crippen LogP contribution >= 0.6 is 0 Å². The molecule has 4 nitrogen and oxygen atoms in total. The first-order valence-corrected chi connectivity index (χ1v) is 7.03. The summed E-state index contributed by atoms with van der Waals surface area (Å²) in [5, 5.41) is 13.3. The Morgan fingerprint density at radius 1 is 1.29 bits per heavy atom. The van der Waals surface area contributed by atoms with Gasteiger partial charge in [-0.1, -0.05) is 0 Å². The molecule has 0 spiro atoms. The topological polar surface area (TPSA) is 44.7 Å². The van der Waals surface area contributed by atoms with Crippen molar-refractivity contribution in [3.8, 4) is 0 Å². The molecule has 2 aliphatic rings. The fourth-order valence-corrected chi connectivity index (χ4v) is 2.45. The third-order valence-electron chi connectivity index (χ3n) is 3.63. The predicted octanol–water partition coefficient (Wildman–Crippen LogP) is 0.600. The number of ether oxygens (including phenoxy) is 1. The Hall–Kier alpha value is -0.160. The number of hydrogen-bond donors (Lipinski definition) is 2. The van der Waals surface area contributed by atoms with Crippen molar-refractivity contribution in [3.05, 3.63) is 0 Å². The molecule has 2 rings (SSSR count). The van der Waals surface area contributed by atoms with Crippen molar-refractivity contribution in [2.75, 3.05) is 32.8 Å². The second-order valence-electron chi connectivity index (χ2n) is 5.29. The molecule has 100 valence electrons. The minimum atomic E-state index is -0.223. The number of aliphatic hydroxyl groups is 1. The van der Waals surface area contributed by atoms with E-state index in [4.69, 9.17) is 4.74 Å². The molecule has 1 aliphatic heterocycles. The van der Waals surface area contributed by atoms with Crippen LogP contribution in [0, 0.1) is 0 Å². The molecule has 0 aromatic rings. The van der Waals surface area contributed by atoms with Crippen LogP contribution in [0.4, 0.5) is 0 Å². The molecule has 1 atom stereocenters. The van der Waals surface area contributed by atoms with Crippen LogP contribution in [-0.2, 0) is 4.74 Å². The molecule has 0 bridgehead atoms. The molecule has 0 radical (unpaired) electrons. The maximum Gasteiger partial charge on any atom is 0.0791 e. The maximum atomic E-state index is 9.91. The van der Waals surface area contributed by atoms with Gasteiger partial charge < -0.3 is 20.1 Å². The number of nitrogens with zero attached hydrogens (tertiary/aromatic N) is 1. The van der Waals surface area contributed by atoms with Gasteiger partial charge in [-0.05, 0) is 32.6 Å². The van der Waals surface area contributed by atoms with Crippen molar-refractivity contribution in [1.29, 1.82) is 0 Å². The van der Waals surface area contributed by atoms with Crippen LogP contribution in [-0.4, -0.2) is 61.0 Å². The van der Waals surface area contributed by atoms with E-state index in [1.165, 1.54) is 12.8 Å². The lowest BCUT2D eigenvalue weighted by Crippen LogP contribution is -2.43. The molecule has 1 saturated carbocycles. The quantitative estimate of drug-likeness (QED) is 0.686. The number of aliphatic hydroxyl groups excluding tert-OH is 1. The standard InChI is InChI=1S/C13H26N2O2/c1-2-17-13-5-7-15(8-6-13)10-12(16)9-14-11-3-4-11/h11-14,16H,2-10H2,1H3. The van der Waals surface area contributed by atoms with Crippen molar-refractivity contribution < 1.29 is 9.84 Å². The van der Waals surface area contributed by atoms with Crippen molar-refractivity contribution in [2.24, 2.45) is 0 Å². The smallest absolute Gasteiger partial charge is 0.0791 e. The normalized spacial score (nSPS) is 25.1. The van der Waals surface area contributed by atoms with E-state index in [0.717, 1.165) is 45.6 Å². The lowest BCUT2D eigenvalue weighted by molar-refractivity contribution is 0.00362. The summed E-state index contributed by atoms with van der Waals surface area (Å²) in [4.78, 5) is 2.36. The van der Waals surface area contributed by atoms with E-state index in [-0.39, 0.29) is 6.10 Å². The number of likely N-dealkylation sites (tertiary alicyclic amines) is 1. The van der Waals surface area contributed by atoms with Gasteiger partial charge in [0.1, 0.15) is 0 Å². The van der Waals surface area contributed by atoms with E-state index in [0.29, 0.717) is 12.1 Å². The van der Waals surface area contributed by atoms with E-state index >= 15 is 0 Å². The summed E-state index contributed by atoms with van der Waals surface area (Å²) in [5.41, 5.74) is 0. The Balaban J connectivity index is 1.56. The highest BCUT2D eigenvalue weighted by molar-refractivity contribution is 4.83. The van der Waals surface area contributed by atoms with E-state index in [9.17, 15) is 5.11 Å². The molecule has 1 unspecified atom stereocenters. The second kappa shape index (κ2) is 6.69. The average molecular weight is 242 g/mol. The lowest BCUT2D eigenvalue weighted by atomic mass is 10.1. The van der Waals surface area contributed by atoms with Gasteiger partial charge in [0.25, 0.3) is 0 Å². The van der Waals surface area contributed by atoms with Gasteiger partial charge in [0.15, 0.2) is 0 Å². The number of nitrogens with one attached hydrogen (secondary N) is 1. The van der Waals surface area contributed by atoms with Gasteiger partial charge >= 0.3 is 0 Å². The monoisotopic (exact) mass is 242 g/mol. The van der Waals surface area contributed by atoms with Crippen LogP contribution in [0.5, 0.6) is 0 Å². The zero-order valence-electron chi connectivity index (χ0n) is 10.9. The summed E-state index contributed by atoms with van der Waals surface area (Å²) in [6.07, 6.45) is 5.00. The molecule has 0 aromatic carbocycles. The van der Waals surface area contributed by atoms with Gasteiger partial charge in [0.05, 0.1) is 12.2 Å². The molecule has 4 heteroatoms. The first-order valence-electron chi connectivity index (χ1n) is 7.03. The molecule has 17 heavy (non-hydrogen) atoms. The van der Waals surface area contributed by atoms with Gasteiger partial charge in [-0.2, -0.15) is 0 Å².